The first-order chi connectivity index (χ1) is 10.2. The molecule has 2 aromatic rings. The molecule has 0 bridgehead atoms. The minimum absolute atomic E-state index is 0.152. The zero-order chi connectivity index (χ0) is 14.7. The lowest BCUT2D eigenvalue weighted by molar-refractivity contribution is 0.522. The van der Waals surface area contributed by atoms with Crippen molar-refractivity contribution in [2.75, 3.05) is 23.3 Å². The second kappa shape index (κ2) is 6.17. The molecular weight excluding hydrogens is 263 g/mol. The van der Waals surface area contributed by atoms with Crippen molar-refractivity contribution >= 4 is 11.4 Å². The zero-order valence-corrected chi connectivity index (χ0v) is 12.3. The number of anilines is 2. The number of hydrogen-bond acceptors (Lipinski definition) is 2. The Labute approximate surface area is 125 Å². The summed E-state index contributed by atoms with van der Waals surface area (Å²) in [5.74, 6) is -0.152. The summed E-state index contributed by atoms with van der Waals surface area (Å²) in [5.41, 5.74) is 2.85. The molecule has 3 rings (SSSR count). The number of nitrogens with one attached hydrogen (secondary N) is 1. The summed E-state index contributed by atoms with van der Waals surface area (Å²) in [4.78, 5) is 2.39. The van der Waals surface area contributed by atoms with Gasteiger partial charge in [-0.05, 0) is 49.6 Å². The average molecular weight is 284 g/mol. The van der Waals surface area contributed by atoms with Crippen LogP contribution in [0.1, 0.15) is 18.4 Å². The van der Waals surface area contributed by atoms with Crippen molar-refractivity contribution in [2.24, 2.45) is 0 Å². The van der Waals surface area contributed by atoms with E-state index >= 15 is 0 Å². The fraction of sp³-hybridized carbons (Fsp3) is 0.333. The Kier molecular flexibility index (Phi) is 4.09. The molecule has 2 aromatic carbocycles. The third kappa shape index (κ3) is 3.35. The molecule has 1 saturated heterocycles. The molecule has 2 nitrogen and oxygen atoms in total. The topological polar surface area (TPSA) is 15.3 Å². The van der Waals surface area contributed by atoms with Gasteiger partial charge in [-0.25, -0.2) is 4.39 Å². The van der Waals surface area contributed by atoms with Gasteiger partial charge in [0, 0.05) is 24.8 Å². The highest BCUT2D eigenvalue weighted by Gasteiger charge is 2.19. The number of hydrogen-bond donors (Lipinski definition) is 1. The van der Waals surface area contributed by atoms with E-state index < -0.39 is 0 Å². The molecule has 1 aliphatic rings. The van der Waals surface area contributed by atoms with Crippen LogP contribution in [-0.2, 0) is 0 Å². The SMILES string of the molecule is Cc1ccc(NC2CCN(c3ccccc3)CC2)c(F)c1. The first-order valence-electron chi connectivity index (χ1n) is 7.55. The molecule has 0 saturated carbocycles. The van der Waals surface area contributed by atoms with Gasteiger partial charge in [-0.3, -0.25) is 0 Å². The Morgan fingerprint density at radius 1 is 1.05 bits per heavy atom. The molecule has 0 aromatic heterocycles. The monoisotopic (exact) mass is 284 g/mol. The number of rotatable bonds is 3. The van der Waals surface area contributed by atoms with Gasteiger partial charge >= 0.3 is 0 Å². The van der Waals surface area contributed by atoms with Crippen molar-refractivity contribution in [3.8, 4) is 0 Å². The number of halogens is 1. The van der Waals surface area contributed by atoms with Crippen molar-refractivity contribution in [2.45, 2.75) is 25.8 Å². The van der Waals surface area contributed by atoms with E-state index in [2.05, 4.69) is 34.5 Å². The summed E-state index contributed by atoms with van der Waals surface area (Å²) < 4.78 is 13.9. The predicted molar refractivity (Wildman–Crippen MR) is 86.4 cm³/mol. The van der Waals surface area contributed by atoms with Crippen LogP contribution in [0.2, 0.25) is 0 Å². The Morgan fingerprint density at radius 3 is 2.43 bits per heavy atom. The highest BCUT2D eigenvalue weighted by molar-refractivity contribution is 5.49. The predicted octanol–water partition coefficient (Wildman–Crippen LogP) is 4.22. The second-order valence-corrected chi connectivity index (χ2v) is 5.72. The molecule has 0 aliphatic carbocycles. The minimum atomic E-state index is -0.152. The lowest BCUT2D eigenvalue weighted by Gasteiger charge is -2.34. The Hall–Kier alpha value is -2.03. The van der Waals surface area contributed by atoms with Crippen LogP contribution in [0, 0.1) is 12.7 Å². The van der Waals surface area contributed by atoms with Gasteiger partial charge in [0.05, 0.1) is 5.69 Å². The van der Waals surface area contributed by atoms with Gasteiger partial charge < -0.3 is 10.2 Å². The summed E-state index contributed by atoms with van der Waals surface area (Å²) in [6, 6.07) is 16.2. The highest BCUT2D eigenvalue weighted by Crippen LogP contribution is 2.23. The van der Waals surface area contributed by atoms with Crippen molar-refractivity contribution in [1.82, 2.24) is 0 Å². The maximum atomic E-state index is 13.9. The van der Waals surface area contributed by atoms with Crippen LogP contribution in [0.4, 0.5) is 15.8 Å². The van der Waals surface area contributed by atoms with Crippen LogP contribution in [0.25, 0.3) is 0 Å². The molecule has 1 aliphatic heterocycles. The van der Waals surface area contributed by atoms with Crippen LogP contribution in [0.5, 0.6) is 0 Å². The van der Waals surface area contributed by atoms with Crippen molar-refractivity contribution in [3.05, 3.63) is 59.9 Å². The summed E-state index contributed by atoms with van der Waals surface area (Å²) in [7, 11) is 0. The third-order valence-electron chi connectivity index (χ3n) is 4.10. The summed E-state index contributed by atoms with van der Waals surface area (Å²) in [6.45, 7) is 3.93. The fourth-order valence-corrected chi connectivity index (χ4v) is 2.88. The fourth-order valence-electron chi connectivity index (χ4n) is 2.88. The van der Waals surface area contributed by atoms with Gasteiger partial charge in [0.1, 0.15) is 5.82 Å². The van der Waals surface area contributed by atoms with Gasteiger partial charge in [0.15, 0.2) is 0 Å². The normalized spacial score (nSPS) is 16.0. The first-order valence-corrected chi connectivity index (χ1v) is 7.55. The number of benzene rings is 2. The van der Waals surface area contributed by atoms with E-state index in [4.69, 9.17) is 0 Å². The highest BCUT2D eigenvalue weighted by atomic mass is 19.1. The van der Waals surface area contributed by atoms with E-state index in [0.29, 0.717) is 11.7 Å². The molecule has 21 heavy (non-hydrogen) atoms. The number of piperidine rings is 1. The number of nitrogens with zero attached hydrogens (tertiary/aromatic N) is 1. The van der Waals surface area contributed by atoms with Crippen molar-refractivity contribution < 1.29 is 4.39 Å². The van der Waals surface area contributed by atoms with Crippen molar-refractivity contribution in [1.29, 1.82) is 0 Å². The maximum absolute atomic E-state index is 13.9. The quantitative estimate of drug-likeness (QED) is 0.908. The van der Waals surface area contributed by atoms with Crippen LogP contribution in [0.3, 0.4) is 0 Å². The van der Waals surface area contributed by atoms with E-state index in [0.717, 1.165) is 31.5 Å². The Bertz CT molecular complexity index is 589. The van der Waals surface area contributed by atoms with Crippen molar-refractivity contribution in [3.63, 3.8) is 0 Å². The molecule has 0 spiro atoms. The second-order valence-electron chi connectivity index (χ2n) is 5.72. The van der Waals surface area contributed by atoms with Gasteiger partial charge in [0.25, 0.3) is 0 Å². The first kappa shape index (κ1) is 13.9. The molecule has 0 amide bonds. The molecule has 0 radical (unpaired) electrons. The van der Waals surface area contributed by atoms with E-state index in [9.17, 15) is 4.39 Å². The molecule has 1 N–H and O–H groups in total. The van der Waals surface area contributed by atoms with Crippen LogP contribution >= 0.6 is 0 Å². The summed E-state index contributed by atoms with van der Waals surface area (Å²) in [5, 5.41) is 3.35. The molecule has 0 atom stereocenters. The summed E-state index contributed by atoms with van der Waals surface area (Å²) >= 11 is 0. The lowest BCUT2D eigenvalue weighted by atomic mass is 10.0. The zero-order valence-electron chi connectivity index (χ0n) is 12.3. The van der Waals surface area contributed by atoms with E-state index in [1.54, 1.807) is 6.07 Å². The van der Waals surface area contributed by atoms with Gasteiger partial charge in [-0.15, -0.1) is 0 Å². The van der Waals surface area contributed by atoms with Gasteiger partial charge in [-0.2, -0.15) is 0 Å². The Morgan fingerprint density at radius 2 is 1.76 bits per heavy atom. The molecule has 1 fully saturated rings. The molecule has 110 valence electrons. The third-order valence-corrected chi connectivity index (χ3v) is 4.10. The lowest BCUT2D eigenvalue weighted by Crippen LogP contribution is -2.39. The Balaban J connectivity index is 1.59. The summed E-state index contributed by atoms with van der Waals surface area (Å²) in [6.07, 6.45) is 2.06. The van der Waals surface area contributed by atoms with E-state index in [-0.39, 0.29) is 5.82 Å². The van der Waals surface area contributed by atoms with Crippen LogP contribution in [0.15, 0.2) is 48.5 Å². The number of para-hydroxylation sites is 1. The van der Waals surface area contributed by atoms with Gasteiger partial charge in [0.2, 0.25) is 0 Å². The van der Waals surface area contributed by atoms with Gasteiger partial charge in [-0.1, -0.05) is 24.3 Å². The molecular formula is C18H21FN2. The minimum Gasteiger partial charge on any atom is -0.380 e. The molecule has 1 heterocycles. The number of aryl methyl sites for hydroxylation is 1. The smallest absolute Gasteiger partial charge is 0.146 e. The maximum Gasteiger partial charge on any atom is 0.146 e. The van der Waals surface area contributed by atoms with E-state index in [1.807, 2.05) is 25.1 Å². The molecule has 0 unspecified atom stereocenters. The largest absolute Gasteiger partial charge is 0.380 e. The van der Waals surface area contributed by atoms with Crippen LogP contribution < -0.4 is 10.2 Å². The average Bonchev–Trinajstić information content (AvgIpc) is 2.52. The van der Waals surface area contributed by atoms with Crippen LogP contribution in [-0.4, -0.2) is 19.1 Å². The van der Waals surface area contributed by atoms with E-state index in [1.165, 1.54) is 5.69 Å². The standard InChI is InChI=1S/C18H21FN2/c1-14-7-8-18(17(19)13-14)20-15-9-11-21(12-10-15)16-5-3-2-4-6-16/h2-8,13,15,20H,9-12H2,1H3. The molecule has 3 heteroatoms.